The monoisotopic (exact) mass is 702 g/mol. The molecule has 1 aliphatic carbocycles. The Morgan fingerprint density at radius 3 is 2.12 bits per heavy atom. The van der Waals surface area contributed by atoms with Crippen LogP contribution in [-0.4, -0.2) is 89.2 Å². The van der Waals surface area contributed by atoms with Crippen molar-refractivity contribution in [3.05, 3.63) is 71.8 Å². The molecule has 1 saturated carbocycles. The number of hydrogen-bond acceptors (Lipinski definition) is 6. The number of carbonyl (C=O) groups is 3. The Balaban J connectivity index is 1.72. The van der Waals surface area contributed by atoms with Gasteiger partial charge in [0.1, 0.15) is 12.1 Å². The van der Waals surface area contributed by atoms with Crippen LogP contribution < -0.4 is 10.6 Å². The molecule has 9 nitrogen and oxygen atoms in total. The average molecular weight is 703 g/mol. The molecule has 0 radical (unpaired) electrons. The molecule has 5 atom stereocenters. The van der Waals surface area contributed by atoms with Crippen molar-refractivity contribution >= 4 is 17.7 Å². The summed E-state index contributed by atoms with van der Waals surface area (Å²) in [5.74, 6) is 1.36. The van der Waals surface area contributed by atoms with E-state index in [1.54, 1.807) is 11.9 Å². The molecule has 0 aliphatic heterocycles. The van der Waals surface area contributed by atoms with E-state index in [2.05, 4.69) is 33.6 Å². The van der Waals surface area contributed by atoms with Crippen molar-refractivity contribution < 1.29 is 24.6 Å². The summed E-state index contributed by atoms with van der Waals surface area (Å²) in [7, 11) is 3.77. The minimum atomic E-state index is -1.15. The molecule has 2 aromatic rings. The quantitative estimate of drug-likeness (QED) is 0.137. The third-order valence-electron chi connectivity index (χ3n) is 10.0. The van der Waals surface area contributed by atoms with Crippen molar-refractivity contribution in [2.75, 3.05) is 27.2 Å². The summed E-state index contributed by atoms with van der Waals surface area (Å²) >= 11 is 0. The summed E-state index contributed by atoms with van der Waals surface area (Å²) < 4.78 is 0. The van der Waals surface area contributed by atoms with E-state index in [9.17, 15) is 24.6 Å². The van der Waals surface area contributed by atoms with E-state index in [1.165, 1.54) is 12.0 Å². The normalized spacial score (nSPS) is 16.5. The van der Waals surface area contributed by atoms with Gasteiger partial charge in [0.2, 0.25) is 17.7 Å². The van der Waals surface area contributed by atoms with Gasteiger partial charge in [0.05, 0.1) is 18.1 Å². The van der Waals surface area contributed by atoms with Gasteiger partial charge < -0.3 is 30.6 Å². The number of terminal acetylenes is 1. The summed E-state index contributed by atoms with van der Waals surface area (Å²) in [6.45, 7) is 5.89. The van der Waals surface area contributed by atoms with Gasteiger partial charge in [-0.25, -0.2) is 0 Å². The molecular formula is C42H62N4O5. The summed E-state index contributed by atoms with van der Waals surface area (Å²) in [5.41, 5.74) is 2.11. The minimum absolute atomic E-state index is 0.0203. The van der Waals surface area contributed by atoms with E-state index in [-0.39, 0.29) is 31.1 Å². The highest BCUT2D eigenvalue weighted by Crippen LogP contribution is 2.29. The molecule has 4 N–H and O–H groups in total. The summed E-state index contributed by atoms with van der Waals surface area (Å²) in [5, 5.41) is 28.1. The van der Waals surface area contributed by atoms with Gasteiger partial charge in [0, 0.05) is 39.5 Å². The number of aliphatic hydroxyl groups excluding tert-OH is 2. The van der Waals surface area contributed by atoms with Gasteiger partial charge in [-0.1, -0.05) is 107 Å². The zero-order valence-corrected chi connectivity index (χ0v) is 31.3. The Labute approximate surface area is 306 Å². The number of aliphatic hydroxyl groups is 2. The second-order valence-corrected chi connectivity index (χ2v) is 15.0. The van der Waals surface area contributed by atoms with Crippen LogP contribution in [0.1, 0.15) is 89.2 Å². The van der Waals surface area contributed by atoms with Crippen LogP contribution in [0.4, 0.5) is 0 Å². The Morgan fingerprint density at radius 1 is 0.882 bits per heavy atom. The lowest BCUT2D eigenvalue weighted by molar-refractivity contribution is -0.137. The molecule has 2 aromatic carbocycles. The molecule has 1 fully saturated rings. The van der Waals surface area contributed by atoms with E-state index < -0.39 is 42.0 Å². The van der Waals surface area contributed by atoms with Crippen LogP contribution in [0.15, 0.2) is 60.7 Å². The van der Waals surface area contributed by atoms with Crippen LogP contribution in [-0.2, 0) is 27.3 Å². The van der Waals surface area contributed by atoms with Gasteiger partial charge in [-0.2, -0.15) is 0 Å². The van der Waals surface area contributed by atoms with Crippen LogP contribution >= 0.6 is 0 Å². The van der Waals surface area contributed by atoms with E-state index in [1.807, 2.05) is 69.4 Å². The Kier molecular flexibility index (Phi) is 18.2. The van der Waals surface area contributed by atoms with Crippen LogP contribution in [0, 0.1) is 30.1 Å². The van der Waals surface area contributed by atoms with Crippen LogP contribution in [0.5, 0.6) is 0 Å². The molecule has 0 aromatic heterocycles. The third-order valence-corrected chi connectivity index (χ3v) is 10.0. The standard InChI is InChI=1S/C42H62N4O5/c1-6-7-23-36(42(51)44-37(28-33-19-13-9-14-20-33)40(49)38(47)26-31(2)3)43-41(50)35(27-32-17-11-8-12-18-32)29-39(48)46(5)25-24-45(4)30-34-21-15-10-16-22-34/h1,8,10-12,15-18,21-22,31,33,35-38,40,47,49H,7,9,13-14,19-20,23-30H2,2-5H3,(H,43,50)(H,44,51)/t35?,36-,37?,38?,40+/m0/s1. The Morgan fingerprint density at radius 2 is 1.51 bits per heavy atom. The first-order valence-electron chi connectivity index (χ1n) is 18.9. The number of benzene rings is 2. The highest BCUT2D eigenvalue weighted by molar-refractivity contribution is 5.91. The topological polar surface area (TPSA) is 122 Å². The molecule has 1 aliphatic rings. The predicted octanol–water partition coefficient (Wildman–Crippen LogP) is 4.95. The fourth-order valence-electron chi connectivity index (χ4n) is 6.97. The first-order valence-corrected chi connectivity index (χ1v) is 18.9. The molecule has 0 bridgehead atoms. The predicted molar refractivity (Wildman–Crippen MR) is 203 cm³/mol. The summed E-state index contributed by atoms with van der Waals surface area (Å²) in [4.78, 5) is 45.3. The van der Waals surface area contributed by atoms with Crippen molar-refractivity contribution in [2.45, 2.75) is 115 Å². The van der Waals surface area contributed by atoms with Crippen molar-refractivity contribution in [1.82, 2.24) is 20.4 Å². The molecule has 3 unspecified atom stereocenters. The molecule has 0 heterocycles. The van der Waals surface area contributed by atoms with Gasteiger partial charge in [-0.05, 0) is 55.7 Å². The summed E-state index contributed by atoms with van der Waals surface area (Å²) in [6.07, 6.45) is 10.6. The maximum absolute atomic E-state index is 14.0. The van der Waals surface area contributed by atoms with E-state index in [0.29, 0.717) is 38.3 Å². The molecular weight excluding hydrogens is 640 g/mol. The number of nitrogens with one attached hydrogen (secondary N) is 2. The average Bonchev–Trinajstić information content (AvgIpc) is 3.12. The summed E-state index contributed by atoms with van der Waals surface area (Å²) in [6, 6.07) is 18.1. The van der Waals surface area contributed by atoms with Gasteiger partial charge in [-0.3, -0.25) is 14.4 Å². The van der Waals surface area contributed by atoms with Crippen molar-refractivity contribution in [2.24, 2.45) is 17.8 Å². The molecule has 280 valence electrons. The second kappa shape index (κ2) is 22.3. The Hall–Kier alpha value is -3.71. The van der Waals surface area contributed by atoms with Crippen LogP contribution in [0.3, 0.4) is 0 Å². The molecule has 0 spiro atoms. The molecule has 9 heteroatoms. The fourth-order valence-corrected chi connectivity index (χ4v) is 6.97. The van der Waals surface area contributed by atoms with Crippen molar-refractivity contribution in [3.63, 3.8) is 0 Å². The van der Waals surface area contributed by atoms with Crippen LogP contribution in [0.2, 0.25) is 0 Å². The van der Waals surface area contributed by atoms with E-state index in [0.717, 1.165) is 37.8 Å². The minimum Gasteiger partial charge on any atom is -0.390 e. The number of nitrogens with zero attached hydrogens (tertiary/aromatic N) is 2. The number of likely N-dealkylation sites (N-methyl/N-ethyl adjacent to an activating group) is 2. The number of hydrogen-bond donors (Lipinski definition) is 4. The molecule has 3 rings (SSSR count). The van der Waals surface area contributed by atoms with E-state index in [4.69, 9.17) is 6.42 Å². The maximum atomic E-state index is 14.0. The van der Waals surface area contributed by atoms with Crippen molar-refractivity contribution in [1.29, 1.82) is 0 Å². The highest BCUT2D eigenvalue weighted by atomic mass is 16.3. The largest absolute Gasteiger partial charge is 0.390 e. The van der Waals surface area contributed by atoms with Gasteiger partial charge in [0.15, 0.2) is 0 Å². The lowest BCUT2D eigenvalue weighted by atomic mass is 9.82. The lowest BCUT2D eigenvalue weighted by Gasteiger charge is -2.34. The second-order valence-electron chi connectivity index (χ2n) is 15.0. The van der Waals surface area contributed by atoms with Crippen LogP contribution in [0.25, 0.3) is 0 Å². The van der Waals surface area contributed by atoms with Gasteiger partial charge in [0.25, 0.3) is 0 Å². The van der Waals surface area contributed by atoms with Crippen molar-refractivity contribution in [3.8, 4) is 12.3 Å². The molecule has 51 heavy (non-hydrogen) atoms. The maximum Gasteiger partial charge on any atom is 0.242 e. The first-order chi connectivity index (χ1) is 24.5. The highest BCUT2D eigenvalue weighted by Gasteiger charge is 2.34. The SMILES string of the molecule is C#CCC[C@H](NC(=O)C(CC(=O)N(C)CCN(C)Cc1ccccc1)Cc1ccccc1)C(=O)NC(CC1CCCCC1)[C@@H](O)C(O)CC(C)C. The smallest absolute Gasteiger partial charge is 0.242 e. The number of carbonyl (C=O) groups excluding carboxylic acids is 3. The lowest BCUT2D eigenvalue weighted by Crippen LogP contribution is -2.56. The number of amides is 3. The fraction of sp³-hybridized carbons (Fsp3) is 0.595. The zero-order chi connectivity index (χ0) is 37.2. The van der Waals surface area contributed by atoms with E-state index >= 15 is 0 Å². The van der Waals surface area contributed by atoms with Gasteiger partial charge >= 0.3 is 0 Å². The van der Waals surface area contributed by atoms with Gasteiger partial charge in [-0.15, -0.1) is 12.3 Å². The molecule has 3 amide bonds. The molecule has 0 saturated heterocycles. The zero-order valence-electron chi connectivity index (χ0n) is 31.3. The Bertz CT molecular complexity index is 1360. The third kappa shape index (κ3) is 15.2. The first kappa shape index (κ1) is 41.7. The number of rotatable bonds is 21.